The van der Waals surface area contributed by atoms with Gasteiger partial charge in [0.25, 0.3) is 0 Å². The molecule has 2 nitrogen and oxygen atoms in total. The van der Waals surface area contributed by atoms with Crippen molar-refractivity contribution in [1.29, 1.82) is 0 Å². The maximum atomic E-state index is 3.30. The molecule has 1 heterocycles. The van der Waals surface area contributed by atoms with Crippen LogP contribution in [0, 0.1) is 12.8 Å². The summed E-state index contributed by atoms with van der Waals surface area (Å²) >= 11 is 2.10. The highest BCUT2D eigenvalue weighted by molar-refractivity contribution is 8.00. The number of aromatic nitrogens is 1. The van der Waals surface area contributed by atoms with Gasteiger partial charge in [0, 0.05) is 22.0 Å². The first kappa shape index (κ1) is 14.0. The van der Waals surface area contributed by atoms with Gasteiger partial charge < -0.3 is 9.88 Å². The van der Waals surface area contributed by atoms with Crippen LogP contribution in [-0.4, -0.2) is 35.8 Å². The molecule has 0 bridgehead atoms. The SMILES string of the molecule is Cc1[nH]ccc1SC(CCN(C)C)C1CCCC1. The fourth-order valence-corrected chi connectivity index (χ4v) is 4.23. The van der Waals surface area contributed by atoms with Crippen molar-refractivity contribution in [2.45, 2.75) is 49.2 Å². The lowest BCUT2D eigenvalue weighted by Gasteiger charge is -2.24. The summed E-state index contributed by atoms with van der Waals surface area (Å²) in [6.45, 7) is 3.39. The Bertz CT molecular complexity index is 353. The molecule has 2 rings (SSSR count). The van der Waals surface area contributed by atoms with E-state index in [2.05, 4.69) is 54.9 Å². The number of H-pyrrole nitrogens is 1. The zero-order valence-corrected chi connectivity index (χ0v) is 12.7. The number of hydrogen-bond donors (Lipinski definition) is 1. The van der Waals surface area contributed by atoms with Crippen LogP contribution in [0.1, 0.15) is 37.8 Å². The zero-order valence-electron chi connectivity index (χ0n) is 11.9. The Labute approximate surface area is 116 Å². The summed E-state index contributed by atoms with van der Waals surface area (Å²) in [4.78, 5) is 7.06. The summed E-state index contributed by atoms with van der Waals surface area (Å²) in [6, 6.07) is 2.23. The Morgan fingerprint density at radius 2 is 2.11 bits per heavy atom. The predicted molar refractivity (Wildman–Crippen MR) is 80.3 cm³/mol. The van der Waals surface area contributed by atoms with E-state index in [0.29, 0.717) is 0 Å². The first-order valence-corrected chi connectivity index (χ1v) is 8.00. The minimum atomic E-state index is 0.796. The van der Waals surface area contributed by atoms with Crippen molar-refractivity contribution in [1.82, 2.24) is 9.88 Å². The van der Waals surface area contributed by atoms with Crippen LogP contribution in [0.3, 0.4) is 0 Å². The summed E-state index contributed by atoms with van der Waals surface area (Å²) in [5.74, 6) is 0.934. The van der Waals surface area contributed by atoms with Gasteiger partial charge in [-0.3, -0.25) is 0 Å². The van der Waals surface area contributed by atoms with Crippen molar-refractivity contribution in [3.05, 3.63) is 18.0 Å². The lowest BCUT2D eigenvalue weighted by atomic mass is 10.0. The third-order valence-corrected chi connectivity index (χ3v) is 5.59. The molecule has 1 saturated carbocycles. The van der Waals surface area contributed by atoms with Gasteiger partial charge in [-0.1, -0.05) is 12.8 Å². The normalized spacial score (nSPS) is 18.7. The molecule has 0 aliphatic heterocycles. The molecule has 1 fully saturated rings. The smallest absolute Gasteiger partial charge is 0.0279 e. The maximum absolute atomic E-state index is 3.30. The van der Waals surface area contributed by atoms with Gasteiger partial charge in [-0.2, -0.15) is 0 Å². The third-order valence-electron chi connectivity index (χ3n) is 3.97. The lowest BCUT2D eigenvalue weighted by molar-refractivity contribution is 0.373. The Hall–Kier alpha value is -0.410. The Balaban J connectivity index is 1.97. The fourth-order valence-electron chi connectivity index (χ4n) is 2.83. The van der Waals surface area contributed by atoms with Crippen molar-refractivity contribution in [2.75, 3.05) is 20.6 Å². The molecular weight excluding hydrogens is 240 g/mol. The average Bonchev–Trinajstić information content (AvgIpc) is 2.96. The van der Waals surface area contributed by atoms with Crippen LogP contribution in [-0.2, 0) is 0 Å². The lowest BCUT2D eigenvalue weighted by Crippen LogP contribution is -2.22. The van der Waals surface area contributed by atoms with Gasteiger partial charge in [0.2, 0.25) is 0 Å². The Kier molecular flexibility index (Phi) is 5.19. The standard InChI is InChI=1S/C15H26N2S/c1-12-14(8-10-16-12)18-15(9-11-17(2)3)13-6-4-5-7-13/h8,10,13,15-16H,4-7,9,11H2,1-3H3. The van der Waals surface area contributed by atoms with E-state index in [1.54, 1.807) is 0 Å². The van der Waals surface area contributed by atoms with Crippen LogP contribution in [0.2, 0.25) is 0 Å². The van der Waals surface area contributed by atoms with E-state index in [1.165, 1.54) is 49.2 Å². The highest BCUT2D eigenvalue weighted by Crippen LogP contribution is 2.39. The van der Waals surface area contributed by atoms with Gasteiger partial charge >= 0.3 is 0 Å². The summed E-state index contributed by atoms with van der Waals surface area (Å²) in [7, 11) is 4.36. The molecule has 18 heavy (non-hydrogen) atoms. The largest absolute Gasteiger partial charge is 0.364 e. The van der Waals surface area contributed by atoms with Gasteiger partial charge in [-0.25, -0.2) is 0 Å². The first-order valence-electron chi connectivity index (χ1n) is 7.12. The van der Waals surface area contributed by atoms with Crippen LogP contribution in [0.4, 0.5) is 0 Å². The molecule has 1 aliphatic carbocycles. The van der Waals surface area contributed by atoms with Crippen molar-refractivity contribution in [2.24, 2.45) is 5.92 Å². The molecule has 0 amide bonds. The first-order chi connectivity index (χ1) is 8.66. The van der Waals surface area contributed by atoms with Gasteiger partial charge in [-0.15, -0.1) is 11.8 Å². The molecule has 0 saturated heterocycles. The topological polar surface area (TPSA) is 19.0 Å². The number of nitrogens with zero attached hydrogens (tertiary/aromatic N) is 1. The van der Waals surface area contributed by atoms with E-state index < -0.39 is 0 Å². The van der Waals surface area contributed by atoms with E-state index in [-0.39, 0.29) is 0 Å². The summed E-state index contributed by atoms with van der Waals surface area (Å²) in [5.41, 5.74) is 1.33. The molecule has 0 aromatic carbocycles. The maximum Gasteiger partial charge on any atom is 0.0279 e. The zero-order chi connectivity index (χ0) is 13.0. The van der Waals surface area contributed by atoms with Crippen LogP contribution in [0.25, 0.3) is 0 Å². The molecule has 1 N–H and O–H groups in total. The number of aromatic amines is 1. The molecule has 1 aromatic rings. The molecule has 1 atom stereocenters. The number of thioether (sulfide) groups is 1. The fraction of sp³-hybridized carbons (Fsp3) is 0.733. The molecule has 1 aliphatic rings. The van der Waals surface area contributed by atoms with E-state index in [4.69, 9.17) is 0 Å². The van der Waals surface area contributed by atoms with Crippen LogP contribution in [0.15, 0.2) is 17.2 Å². The highest BCUT2D eigenvalue weighted by Gasteiger charge is 2.26. The van der Waals surface area contributed by atoms with Gasteiger partial charge in [0.1, 0.15) is 0 Å². The van der Waals surface area contributed by atoms with Crippen LogP contribution < -0.4 is 0 Å². The number of rotatable bonds is 6. The number of hydrogen-bond acceptors (Lipinski definition) is 2. The van der Waals surface area contributed by atoms with Crippen LogP contribution >= 0.6 is 11.8 Å². The number of aryl methyl sites for hydroxylation is 1. The Morgan fingerprint density at radius 3 is 2.67 bits per heavy atom. The minimum Gasteiger partial charge on any atom is -0.364 e. The third kappa shape index (κ3) is 3.79. The summed E-state index contributed by atoms with van der Waals surface area (Å²) < 4.78 is 0. The van der Waals surface area contributed by atoms with Crippen molar-refractivity contribution >= 4 is 11.8 Å². The summed E-state index contributed by atoms with van der Waals surface area (Å²) in [6.07, 6.45) is 9.14. The second-order valence-electron chi connectivity index (χ2n) is 5.76. The number of nitrogens with one attached hydrogen (secondary N) is 1. The Morgan fingerprint density at radius 1 is 1.39 bits per heavy atom. The van der Waals surface area contributed by atoms with E-state index >= 15 is 0 Å². The monoisotopic (exact) mass is 266 g/mol. The van der Waals surface area contributed by atoms with Crippen LogP contribution in [0.5, 0.6) is 0 Å². The molecule has 0 spiro atoms. The molecular formula is C15H26N2S. The minimum absolute atomic E-state index is 0.796. The van der Waals surface area contributed by atoms with Crippen molar-refractivity contribution in [3.63, 3.8) is 0 Å². The average molecular weight is 266 g/mol. The molecule has 1 unspecified atom stereocenters. The molecule has 0 radical (unpaired) electrons. The van der Waals surface area contributed by atoms with Gasteiger partial charge in [0.05, 0.1) is 0 Å². The van der Waals surface area contributed by atoms with E-state index in [1.807, 2.05) is 0 Å². The summed E-state index contributed by atoms with van der Waals surface area (Å²) in [5, 5.41) is 0.796. The molecule has 102 valence electrons. The highest BCUT2D eigenvalue weighted by atomic mass is 32.2. The second-order valence-corrected chi connectivity index (χ2v) is 7.04. The molecule has 3 heteroatoms. The van der Waals surface area contributed by atoms with E-state index in [0.717, 1.165) is 11.2 Å². The van der Waals surface area contributed by atoms with Crippen molar-refractivity contribution < 1.29 is 0 Å². The van der Waals surface area contributed by atoms with Crippen molar-refractivity contribution in [3.8, 4) is 0 Å². The molecule has 1 aromatic heterocycles. The van der Waals surface area contributed by atoms with E-state index in [9.17, 15) is 0 Å². The quantitative estimate of drug-likeness (QED) is 0.787. The van der Waals surface area contributed by atoms with Gasteiger partial charge in [-0.05, 0) is 58.8 Å². The predicted octanol–water partition coefficient (Wildman–Crippen LogP) is 3.93. The van der Waals surface area contributed by atoms with Gasteiger partial charge in [0.15, 0.2) is 0 Å². The second kappa shape index (κ2) is 6.67.